The molecule has 1 heterocycles. The fraction of sp³-hybridized carbons (Fsp3) is 0.571. The number of nitrogens with two attached hydrogens (primary N) is 1. The van der Waals surface area contributed by atoms with Crippen molar-refractivity contribution in [3.63, 3.8) is 0 Å². The monoisotopic (exact) mass is 331 g/mol. The van der Waals surface area contributed by atoms with E-state index in [1.54, 1.807) is 6.07 Å². The number of anilines is 1. The van der Waals surface area contributed by atoms with E-state index < -0.39 is 10.0 Å². The highest BCUT2D eigenvalue weighted by Crippen LogP contribution is 2.28. The fourth-order valence-electron chi connectivity index (χ4n) is 2.86. The predicted octanol–water partition coefficient (Wildman–Crippen LogP) is 2.03. The largest absolute Gasteiger partial charge is 0.398 e. The van der Waals surface area contributed by atoms with E-state index in [0.717, 1.165) is 19.5 Å². The average molecular weight is 332 g/mol. The molecule has 1 aromatic rings. The Balaban J connectivity index is 2.22. The maximum absolute atomic E-state index is 12.7. The Morgan fingerprint density at radius 3 is 2.62 bits per heavy atom. The maximum Gasteiger partial charge on any atom is 0.245 e. The summed E-state index contributed by atoms with van der Waals surface area (Å²) in [5.41, 5.74) is 6.02. The molecule has 0 radical (unpaired) electrons. The highest BCUT2D eigenvalue weighted by molar-refractivity contribution is 7.89. The summed E-state index contributed by atoms with van der Waals surface area (Å²) in [5, 5.41) is 0.439. The first-order valence-corrected chi connectivity index (χ1v) is 9.01. The second kappa shape index (κ2) is 6.52. The molecule has 1 fully saturated rings. The highest BCUT2D eigenvalue weighted by atomic mass is 35.5. The Kier molecular flexibility index (Phi) is 5.14. The number of sulfonamides is 1. The van der Waals surface area contributed by atoms with Crippen molar-refractivity contribution in [2.75, 3.05) is 31.9 Å². The number of hydrogen-bond acceptors (Lipinski definition) is 4. The molecule has 21 heavy (non-hydrogen) atoms. The molecule has 2 rings (SSSR count). The topological polar surface area (TPSA) is 66.6 Å². The van der Waals surface area contributed by atoms with E-state index in [1.165, 1.54) is 16.4 Å². The van der Waals surface area contributed by atoms with Gasteiger partial charge in [0.1, 0.15) is 4.90 Å². The van der Waals surface area contributed by atoms with E-state index in [0.29, 0.717) is 18.1 Å². The van der Waals surface area contributed by atoms with E-state index in [1.807, 2.05) is 0 Å². The molecule has 0 amide bonds. The SMILES string of the molecule is CCN(CC)C1CCN(S(=O)(=O)c2ccc(Cl)cc2N)C1. The molecule has 1 aliphatic heterocycles. The van der Waals surface area contributed by atoms with Crippen molar-refractivity contribution >= 4 is 27.3 Å². The molecular formula is C14H22ClN3O2S. The lowest BCUT2D eigenvalue weighted by Gasteiger charge is -2.26. The van der Waals surface area contributed by atoms with E-state index in [2.05, 4.69) is 18.7 Å². The van der Waals surface area contributed by atoms with Crippen LogP contribution in [0.4, 0.5) is 5.69 Å². The minimum Gasteiger partial charge on any atom is -0.398 e. The predicted molar refractivity (Wildman–Crippen MR) is 85.9 cm³/mol. The van der Waals surface area contributed by atoms with Crippen molar-refractivity contribution in [2.45, 2.75) is 31.2 Å². The summed E-state index contributed by atoms with van der Waals surface area (Å²) in [7, 11) is -3.55. The van der Waals surface area contributed by atoms with Crippen LogP contribution < -0.4 is 5.73 Å². The van der Waals surface area contributed by atoms with Crippen LogP contribution in [0, 0.1) is 0 Å². The fourth-order valence-corrected chi connectivity index (χ4v) is 4.63. The summed E-state index contributed by atoms with van der Waals surface area (Å²) in [6, 6.07) is 4.80. The Labute approximate surface area is 131 Å². The number of likely N-dealkylation sites (N-methyl/N-ethyl adjacent to an activating group) is 1. The van der Waals surface area contributed by atoms with Gasteiger partial charge in [0.25, 0.3) is 0 Å². The van der Waals surface area contributed by atoms with E-state index >= 15 is 0 Å². The summed E-state index contributed by atoms with van der Waals surface area (Å²) in [6.07, 6.45) is 0.856. The molecular weight excluding hydrogens is 310 g/mol. The Bertz CT molecular complexity index is 602. The summed E-state index contributed by atoms with van der Waals surface area (Å²) in [4.78, 5) is 2.44. The molecule has 118 valence electrons. The molecule has 1 aliphatic rings. The standard InChI is InChI=1S/C14H22ClN3O2S/c1-3-17(4-2)12-7-8-18(10-12)21(19,20)14-6-5-11(15)9-13(14)16/h5-6,9,12H,3-4,7-8,10,16H2,1-2H3. The quantitative estimate of drug-likeness (QED) is 0.838. The number of hydrogen-bond donors (Lipinski definition) is 1. The molecule has 1 aromatic carbocycles. The van der Waals surface area contributed by atoms with Gasteiger partial charge in [-0.2, -0.15) is 4.31 Å². The number of rotatable bonds is 5. The van der Waals surface area contributed by atoms with Crippen molar-refractivity contribution in [3.05, 3.63) is 23.2 Å². The van der Waals surface area contributed by atoms with E-state index in [9.17, 15) is 8.42 Å². The van der Waals surface area contributed by atoms with Gasteiger partial charge in [0.2, 0.25) is 10.0 Å². The third kappa shape index (κ3) is 3.34. The number of nitrogen functional groups attached to an aromatic ring is 1. The average Bonchev–Trinajstić information content (AvgIpc) is 2.90. The zero-order valence-electron chi connectivity index (χ0n) is 12.4. The third-order valence-electron chi connectivity index (χ3n) is 4.04. The van der Waals surface area contributed by atoms with Gasteiger partial charge in [-0.25, -0.2) is 8.42 Å². The van der Waals surface area contributed by atoms with Gasteiger partial charge in [0, 0.05) is 24.2 Å². The van der Waals surface area contributed by atoms with Crippen LogP contribution in [0.3, 0.4) is 0 Å². The first-order valence-electron chi connectivity index (χ1n) is 7.19. The first kappa shape index (κ1) is 16.5. The van der Waals surface area contributed by atoms with Crippen LogP contribution in [0.1, 0.15) is 20.3 Å². The van der Waals surface area contributed by atoms with E-state index in [4.69, 9.17) is 17.3 Å². The minimum atomic E-state index is -3.55. The van der Waals surface area contributed by atoms with Crippen molar-refractivity contribution in [3.8, 4) is 0 Å². The van der Waals surface area contributed by atoms with Gasteiger partial charge >= 0.3 is 0 Å². The molecule has 7 heteroatoms. The van der Waals surface area contributed by atoms with Crippen molar-refractivity contribution in [2.24, 2.45) is 0 Å². The van der Waals surface area contributed by atoms with Gasteiger partial charge in [0.05, 0.1) is 5.69 Å². The zero-order valence-corrected chi connectivity index (χ0v) is 14.0. The molecule has 1 saturated heterocycles. The summed E-state index contributed by atoms with van der Waals surface area (Å²) in [5.74, 6) is 0. The third-order valence-corrected chi connectivity index (χ3v) is 6.22. The molecule has 1 atom stereocenters. The molecule has 0 aliphatic carbocycles. The maximum atomic E-state index is 12.7. The Hall–Kier alpha value is -0.820. The Morgan fingerprint density at radius 2 is 2.05 bits per heavy atom. The van der Waals surface area contributed by atoms with Crippen LogP contribution in [-0.2, 0) is 10.0 Å². The van der Waals surface area contributed by atoms with Crippen LogP contribution in [0.2, 0.25) is 5.02 Å². The van der Waals surface area contributed by atoms with Gasteiger partial charge in [-0.1, -0.05) is 25.4 Å². The highest BCUT2D eigenvalue weighted by Gasteiger charge is 2.35. The van der Waals surface area contributed by atoms with Crippen LogP contribution in [-0.4, -0.2) is 49.8 Å². The van der Waals surface area contributed by atoms with Crippen molar-refractivity contribution in [1.82, 2.24) is 9.21 Å². The molecule has 0 bridgehead atoms. The molecule has 2 N–H and O–H groups in total. The summed E-state index contributed by atoms with van der Waals surface area (Å²) < 4.78 is 26.9. The van der Waals surface area contributed by atoms with E-state index in [-0.39, 0.29) is 16.6 Å². The molecule has 0 spiro atoms. The number of benzene rings is 1. The smallest absolute Gasteiger partial charge is 0.245 e. The van der Waals surface area contributed by atoms with Gasteiger partial charge in [0.15, 0.2) is 0 Å². The van der Waals surface area contributed by atoms with Gasteiger partial charge in [-0.15, -0.1) is 0 Å². The lowest BCUT2D eigenvalue weighted by molar-refractivity contribution is 0.224. The van der Waals surface area contributed by atoms with Crippen molar-refractivity contribution < 1.29 is 8.42 Å². The molecule has 0 saturated carbocycles. The van der Waals surface area contributed by atoms with Crippen LogP contribution >= 0.6 is 11.6 Å². The lowest BCUT2D eigenvalue weighted by Crippen LogP contribution is -2.38. The van der Waals surface area contributed by atoms with Crippen LogP contribution in [0.5, 0.6) is 0 Å². The van der Waals surface area contributed by atoms with Gasteiger partial charge in [-0.05, 0) is 37.7 Å². The number of nitrogens with zero attached hydrogens (tertiary/aromatic N) is 2. The Morgan fingerprint density at radius 1 is 1.38 bits per heavy atom. The second-order valence-corrected chi connectivity index (χ2v) is 7.55. The number of halogens is 1. The molecule has 0 aromatic heterocycles. The zero-order chi connectivity index (χ0) is 15.6. The van der Waals surface area contributed by atoms with Gasteiger partial charge in [-0.3, -0.25) is 4.90 Å². The molecule has 1 unspecified atom stereocenters. The lowest BCUT2D eigenvalue weighted by atomic mass is 10.2. The van der Waals surface area contributed by atoms with Crippen LogP contribution in [0.25, 0.3) is 0 Å². The second-order valence-electron chi connectivity index (χ2n) is 5.21. The summed E-state index contributed by atoms with van der Waals surface area (Å²) in [6.45, 7) is 7.10. The van der Waals surface area contributed by atoms with Crippen LogP contribution in [0.15, 0.2) is 23.1 Å². The minimum absolute atomic E-state index is 0.145. The first-order chi connectivity index (χ1) is 9.90. The van der Waals surface area contributed by atoms with Gasteiger partial charge < -0.3 is 5.73 Å². The summed E-state index contributed by atoms with van der Waals surface area (Å²) >= 11 is 5.83. The molecule has 5 nitrogen and oxygen atoms in total. The normalized spacial score (nSPS) is 20.3. The van der Waals surface area contributed by atoms with Crippen molar-refractivity contribution in [1.29, 1.82) is 0 Å².